The van der Waals surface area contributed by atoms with Gasteiger partial charge in [0.2, 0.25) is 0 Å². The van der Waals surface area contributed by atoms with Crippen LogP contribution in [0.1, 0.15) is 51.4 Å². The summed E-state index contributed by atoms with van der Waals surface area (Å²) >= 11 is 0. The van der Waals surface area contributed by atoms with Gasteiger partial charge in [-0.1, -0.05) is 42.5 Å². The van der Waals surface area contributed by atoms with E-state index < -0.39 is 5.97 Å². The molecule has 0 spiro atoms. The third-order valence-electron chi connectivity index (χ3n) is 5.65. The van der Waals surface area contributed by atoms with E-state index in [1.807, 2.05) is 73.7 Å². The first-order valence-corrected chi connectivity index (χ1v) is 10.4. The number of allylic oxidation sites excluding steroid dienone is 1. The molecule has 3 aromatic rings. The molecule has 1 aliphatic rings. The van der Waals surface area contributed by atoms with Crippen molar-refractivity contribution in [1.29, 1.82) is 0 Å². The third kappa shape index (κ3) is 4.92. The summed E-state index contributed by atoms with van der Waals surface area (Å²) in [6.07, 6.45) is 5.28. The summed E-state index contributed by atoms with van der Waals surface area (Å²) in [5, 5.41) is 9.08. The Hall–Kier alpha value is -3.66. The van der Waals surface area contributed by atoms with Gasteiger partial charge in [0.25, 0.3) is 0 Å². The van der Waals surface area contributed by atoms with Crippen molar-refractivity contribution in [3.05, 3.63) is 101 Å². The molecule has 0 fully saturated rings. The lowest BCUT2D eigenvalue weighted by molar-refractivity contribution is -0.137. The van der Waals surface area contributed by atoms with Gasteiger partial charge in [-0.05, 0) is 84.3 Å². The molecule has 1 atom stereocenters. The van der Waals surface area contributed by atoms with E-state index in [1.54, 1.807) is 12.1 Å². The second kappa shape index (κ2) is 9.00. The second-order valence-electron chi connectivity index (χ2n) is 7.88. The predicted octanol–water partition coefficient (Wildman–Crippen LogP) is 6.19. The largest absolute Gasteiger partial charge is 0.481 e. The van der Waals surface area contributed by atoms with E-state index in [9.17, 15) is 9.59 Å². The maximum Gasteiger partial charge on any atom is 0.303 e. The molecule has 1 aliphatic carbocycles. The topological polar surface area (TPSA) is 63.6 Å². The Morgan fingerprint density at radius 1 is 1.06 bits per heavy atom. The highest BCUT2D eigenvalue weighted by Crippen LogP contribution is 2.38. The summed E-state index contributed by atoms with van der Waals surface area (Å²) in [4.78, 5) is 23.6. The van der Waals surface area contributed by atoms with Crippen molar-refractivity contribution in [1.82, 2.24) is 0 Å². The van der Waals surface area contributed by atoms with Gasteiger partial charge in [-0.15, -0.1) is 0 Å². The molecule has 0 aromatic heterocycles. The van der Waals surface area contributed by atoms with Crippen LogP contribution in [0.2, 0.25) is 0 Å². The van der Waals surface area contributed by atoms with E-state index in [0.29, 0.717) is 11.3 Å². The van der Waals surface area contributed by atoms with Gasteiger partial charge in [-0.25, -0.2) is 0 Å². The number of aryl methyl sites for hydroxylation is 2. The second-order valence-corrected chi connectivity index (χ2v) is 7.88. The number of hydrogen-bond acceptors (Lipinski definition) is 3. The molecule has 0 bridgehead atoms. The highest BCUT2D eigenvalue weighted by atomic mass is 16.5. The van der Waals surface area contributed by atoms with Gasteiger partial charge in [-0.3, -0.25) is 9.59 Å². The van der Waals surface area contributed by atoms with Gasteiger partial charge in [0.05, 0.1) is 6.42 Å². The van der Waals surface area contributed by atoms with Crippen molar-refractivity contribution in [2.24, 2.45) is 0 Å². The SMILES string of the molecule is Cc1cc(C(=O)/C=C/c2ccccc2)ccc1Oc1ccc2c(c1)CC[C@H]2CC(=O)O. The summed E-state index contributed by atoms with van der Waals surface area (Å²) in [6.45, 7) is 1.92. The third-order valence-corrected chi connectivity index (χ3v) is 5.65. The lowest BCUT2D eigenvalue weighted by atomic mass is 9.98. The quantitative estimate of drug-likeness (QED) is 0.371. The maximum absolute atomic E-state index is 12.5. The van der Waals surface area contributed by atoms with Crippen LogP contribution < -0.4 is 4.74 Å². The van der Waals surface area contributed by atoms with Crippen LogP contribution in [-0.2, 0) is 11.2 Å². The average molecular weight is 412 g/mol. The number of carboxylic acid groups (broad SMARTS) is 1. The number of rotatable bonds is 7. The first-order chi connectivity index (χ1) is 15.0. The number of fused-ring (bicyclic) bond motifs is 1. The van der Waals surface area contributed by atoms with E-state index >= 15 is 0 Å². The Bertz CT molecular complexity index is 1150. The van der Waals surface area contributed by atoms with E-state index in [1.165, 1.54) is 0 Å². The van der Waals surface area contributed by atoms with Crippen LogP contribution >= 0.6 is 0 Å². The molecule has 3 aromatic carbocycles. The predicted molar refractivity (Wildman–Crippen MR) is 121 cm³/mol. The van der Waals surface area contributed by atoms with Crippen LogP contribution in [0, 0.1) is 6.92 Å². The molecule has 0 unspecified atom stereocenters. The standard InChI is InChI=1S/C27H24O4/c1-18-15-22(25(28)13-7-19-5-3-2-4-6-19)10-14-26(18)31-23-11-12-24-20(16-23)8-9-21(24)17-27(29)30/h2-7,10-16,21H,8-9,17H2,1H3,(H,29,30)/b13-7+/t21-/m0/s1. The molecule has 4 heteroatoms. The van der Waals surface area contributed by atoms with E-state index in [-0.39, 0.29) is 18.1 Å². The molecule has 4 nitrogen and oxygen atoms in total. The fourth-order valence-corrected chi connectivity index (χ4v) is 4.04. The fourth-order valence-electron chi connectivity index (χ4n) is 4.04. The van der Waals surface area contributed by atoms with Crippen LogP contribution in [0.3, 0.4) is 0 Å². The molecule has 156 valence electrons. The molecule has 0 saturated carbocycles. The number of benzene rings is 3. The smallest absolute Gasteiger partial charge is 0.303 e. The Morgan fingerprint density at radius 2 is 1.87 bits per heavy atom. The van der Waals surface area contributed by atoms with Gasteiger partial charge in [0.15, 0.2) is 5.78 Å². The van der Waals surface area contributed by atoms with Crippen molar-refractivity contribution in [2.75, 3.05) is 0 Å². The lowest BCUT2D eigenvalue weighted by Crippen LogP contribution is -2.03. The van der Waals surface area contributed by atoms with Crippen LogP contribution in [0.5, 0.6) is 11.5 Å². The zero-order valence-electron chi connectivity index (χ0n) is 17.4. The fraction of sp³-hybridized carbons (Fsp3) is 0.185. The number of aliphatic carboxylic acids is 1. The van der Waals surface area contributed by atoms with Crippen molar-refractivity contribution in [3.63, 3.8) is 0 Å². The zero-order valence-corrected chi connectivity index (χ0v) is 17.4. The van der Waals surface area contributed by atoms with E-state index in [2.05, 4.69) is 0 Å². The molecule has 31 heavy (non-hydrogen) atoms. The molecule has 4 rings (SSSR count). The van der Waals surface area contributed by atoms with Crippen molar-refractivity contribution >= 4 is 17.8 Å². The minimum Gasteiger partial charge on any atom is -0.481 e. The number of carbonyl (C=O) groups excluding carboxylic acids is 1. The van der Waals surface area contributed by atoms with Gasteiger partial charge in [0.1, 0.15) is 11.5 Å². The molecule has 0 heterocycles. The monoisotopic (exact) mass is 412 g/mol. The Morgan fingerprint density at radius 3 is 2.61 bits per heavy atom. The van der Waals surface area contributed by atoms with Crippen LogP contribution in [0.25, 0.3) is 6.08 Å². The van der Waals surface area contributed by atoms with Gasteiger partial charge in [0, 0.05) is 5.56 Å². The van der Waals surface area contributed by atoms with E-state index in [4.69, 9.17) is 9.84 Å². The molecule has 0 saturated heterocycles. The Kier molecular flexibility index (Phi) is 5.99. The van der Waals surface area contributed by atoms with E-state index in [0.717, 1.165) is 40.8 Å². The van der Waals surface area contributed by atoms with Gasteiger partial charge in [-0.2, -0.15) is 0 Å². The number of ether oxygens (including phenoxy) is 1. The number of carboxylic acids is 1. The first-order valence-electron chi connectivity index (χ1n) is 10.4. The molecular weight excluding hydrogens is 388 g/mol. The highest BCUT2D eigenvalue weighted by molar-refractivity contribution is 6.07. The Balaban J connectivity index is 1.46. The molecule has 0 amide bonds. The normalized spacial score (nSPS) is 15.1. The van der Waals surface area contributed by atoms with Gasteiger partial charge < -0.3 is 9.84 Å². The molecule has 0 aliphatic heterocycles. The summed E-state index contributed by atoms with van der Waals surface area (Å²) in [7, 11) is 0. The summed E-state index contributed by atoms with van der Waals surface area (Å²) in [5.74, 6) is 0.685. The van der Waals surface area contributed by atoms with Crippen molar-refractivity contribution in [2.45, 2.75) is 32.1 Å². The van der Waals surface area contributed by atoms with Crippen molar-refractivity contribution < 1.29 is 19.4 Å². The summed E-state index contributed by atoms with van der Waals surface area (Å²) in [6, 6.07) is 21.0. The lowest BCUT2D eigenvalue weighted by Gasteiger charge is -2.12. The average Bonchev–Trinajstić information content (AvgIpc) is 3.15. The number of carbonyl (C=O) groups is 2. The van der Waals surface area contributed by atoms with Gasteiger partial charge >= 0.3 is 5.97 Å². The first kappa shape index (κ1) is 20.6. The number of hydrogen-bond donors (Lipinski definition) is 1. The number of ketones is 1. The highest BCUT2D eigenvalue weighted by Gasteiger charge is 2.25. The summed E-state index contributed by atoms with van der Waals surface area (Å²) in [5.41, 5.74) is 4.73. The summed E-state index contributed by atoms with van der Waals surface area (Å²) < 4.78 is 6.07. The Labute approximate surface area is 181 Å². The molecular formula is C27H24O4. The maximum atomic E-state index is 12.5. The van der Waals surface area contributed by atoms with Crippen LogP contribution in [-0.4, -0.2) is 16.9 Å². The van der Waals surface area contributed by atoms with Crippen LogP contribution in [0.15, 0.2) is 72.8 Å². The minimum atomic E-state index is -0.762. The van der Waals surface area contributed by atoms with Crippen LogP contribution in [0.4, 0.5) is 0 Å². The minimum absolute atomic E-state index is 0.0551. The molecule has 0 radical (unpaired) electrons. The zero-order chi connectivity index (χ0) is 21.8. The van der Waals surface area contributed by atoms with Crippen molar-refractivity contribution in [3.8, 4) is 11.5 Å². The molecule has 1 N–H and O–H groups in total.